The molecule has 2 aromatic rings. The maximum absolute atomic E-state index is 12.8. The summed E-state index contributed by atoms with van der Waals surface area (Å²) in [6.45, 7) is 0. The molecule has 138 valence electrons. The molecule has 0 aliphatic heterocycles. The molecule has 9 heteroatoms. The number of aliphatic carboxylic acids is 1. The summed E-state index contributed by atoms with van der Waals surface area (Å²) in [6.07, 6.45) is 2.14. The van der Waals surface area contributed by atoms with Crippen molar-refractivity contribution in [2.24, 2.45) is 0 Å². The Balaban J connectivity index is 2.59. The quantitative estimate of drug-likeness (QED) is 0.695. The predicted octanol–water partition coefficient (Wildman–Crippen LogP) is 3.26. The van der Waals surface area contributed by atoms with E-state index >= 15 is 0 Å². The van der Waals surface area contributed by atoms with Crippen LogP contribution in [0.2, 0.25) is 5.02 Å². The number of benzene rings is 2. The average Bonchev–Trinajstić information content (AvgIpc) is 2.60. The number of rotatable bonds is 7. The lowest BCUT2D eigenvalue weighted by Gasteiger charge is -2.16. The van der Waals surface area contributed by atoms with Gasteiger partial charge in [-0.1, -0.05) is 23.7 Å². The summed E-state index contributed by atoms with van der Waals surface area (Å²) in [5.74, 6) is -1.04. The maximum atomic E-state index is 12.8. The number of anilines is 1. The molecule has 0 aliphatic carbocycles. The Hall–Kier alpha value is -2.71. The highest BCUT2D eigenvalue weighted by molar-refractivity contribution is 7.92. The molecule has 2 aromatic carbocycles. The SMILES string of the molecule is COc1cc(/C=C/C(=O)O)cc(S(=O)(=O)Nc2ccccc2Cl)c1OC. The number of ether oxygens (including phenoxy) is 2. The van der Waals surface area contributed by atoms with Gasteiger partial charge >= 0.3 is 5.97 Å². The number of nitrogens with one attached hydrogen (secondary N) is 1. The predicted molar refractivity (Wildman–Crippen MR) is 98.5 cm³/mol. The smallest absolute Gasteiger partial charge is 0.328 e. The molecule has 0 aliphatic rings. The number of sulfonamides is 1. The average molecular weight is 398 g/mol. The molecule has 7 nitrogen and oxygen atoms in total. The number of carboxylic acid groups (broad SMARTS) is 1. The van der Waals surface area contributed by atoms with E-state index in [1.807, 2.05) is 0 Å². The summed E-state index contributed by atoms with van der Waals surface area (Å²) in [4.78, 5) is 10.5. The highest BCUT2D eigenvalue weighted by Crippen LogP contribution is 2.37. The van der Waals surface area contributed by atoms with Crippen molar-refractivity contribution in [3.8, 4) is 11.5 Å². The molecule has 0 fully saturated rings. The molecule has 0 atom stereocenters. The summed E-state index contributed by atoms with van der Waals surface area (Å²) < 4.78 is 38.4. The van der Waals surface area contributed by atoms with Crippen molar-refractivity contribution in [2.45, 2.75) is 4.90 Å². The van der Waals surface area contributed by atoms with Crippen LogP contribution in [0, 0.1) is 0 Å². The van der Waals surface area contributed by atoms with Crippen LogP contribution in [0.4, 0.5) is 5.69 Å². The lowest BCUT2D eigenvalue weighted by Crippen LogP contribution is -2.15. The Morgan fingerprint density at radius 2 is 1.88 bits per heavy atom. The minimum atomic E-state index is -4.09. The van der Waals surface area contributed by atoms with Crippen LogP contribution in [0.1, 0.15) is 5.56 Å². The number of methoxy groups -OCH3 is 2. The molecule has 0 bridgehead atoms. The molecule has 0 saturated carbocycles. The van der Waals surface area contributed by atoms with Gasteiger partial charge in [-0.15, -0.1) is 0 Å². The summed E-state index contributed by atoms with van der Waals surface area (Å²) >= 11 is 6.01. The first-order valence-corrected chi connectivity index (χ1v) is 9.09. The first-order chi connectivity index (χ1) is 12.3. The van der Waals surface area contributed by atoms with E-state index in [0.717, 1.165) is 6.08 Å². The van der Waals surface area contributed by atoms with Gasteiger partial charge < -0.3 is 14.6 Å². The van der Waals surface area contributed by atoms with Gasteiger partial charge in [-0.25, -0.2) is 13.2 Å². The van der Waals surface area contributed by atoms with Gasteiger partial charge in [0.2, 0.25) is 0 Å². The van der Waals surface area contributed by atoms with Crippen molar-refractivity contribution in [1.29, 1.82) is 0 Å². The van der Waals surface area contributed by atoms with Gasteiger partial charge in [0.05, 0.1) is 24.9 Å². The number of carboxylic acids is 1. The highest BCUT2D eigenvalue weighted by Gasteiger charge is 2.24. The molecule has 2 N–H and O–H groups in total. The van der Waals surface area contributed by atoms with Crippen LogP contribution in [0.5, 0.6) is 11.5 Å². The molecular weight excluding hydrogens is 382 g/mol. The minimum Gasteiger partial charge on any atom is -0.493 e. The van der Waals surface area contributed by atoms with E-state index < -0.39 is 16.0 Å². The molecular formula is C17H16ClNO6S. The van der Waals surface area contributed by atoms with Crippen LogP contribution < -0.4 is 14.2 Å². The largest absolute Gasteiger partial charge is 0.493 e. The Morgan fingerprint density at radius 1 is 1.19 bits per heavy atom. The zero-order valence-corrected chi connectivity index (χ0v) is 15.5. The van der Waals surface area contributed by atoms with Crippen LogP contribution in [0.25, 0.3) is 6.08 Å². The minimum absolute atomic E-state index is 0.0143. The topological polar surface area (TPSA) is 102 Å². The molecule has 26 heavy (non-hydrogen) atoms. The Kier molecular flexibility index (Phi) is 6.12. The molecule has 0 spiro atoms. The number of para-hydroxylation sites is 1. The highest BCUT2D eigenvalue weighted by atomic mass is 35.5. The number of carbonyl (C=O) groups is 1. The monoisotopic (exact) mass is 397 g/mol. The third-order valence-corrected chi connectivity index (χ3v) is 4.99. The van der Waals surface area contributed by atoms with Crippen molar-refractivity contribution in [3.63, 3.8) is 0 Å². The Labute approximate surface area is 155 Å². The van der Waals surface area contributed by atoms with Crippen molar-refractivity contribution in [1.82, 2.24) is 0 Å². The fourth-order valence-corrected chi connectivity index (χ4v) is 3.69. The normalized spacial score (nSPS) is 11.3. The summed E-state index contributed by atoms with van der Waals surface area (Å²) in [7, 11) is -1.44. The Morgan fingerprint density at radius 3 is 2.46 bits per heavy atom. The lowest BCUT2D eigenvalue weighted by atomic mass is 10.2. The van der Waals surface area contributed by atoms with Gasteiger partial charge in [-0.05, 0) is 35.9 Å². The van der Waals surface area contributed by atoms with Gasteiger partial charge in [0, 0.05) is 6.08 Å². The van der Waals surface area contributed by atoms with Gasteiger partial charge in [0.1, 0.15) is 4.90 Å². The van der Waals surface area contributed by atoms with Gasteiger partial charge in [0.25, 0.3) is 10.0 Å². The summed E-state index contributed by atoms with van der Waals surface area (Å²) in [5.41, 5.74) is 0.506. The molecule has 0 radical (unpaired) electrons. The van der Waals surface area contributed by atoms with E-state index in [0.29, 0.717) is 5.56 Å². The number of halogens is 1. The van der Waals surface area contributed by atoms with Crippen LogP contribution in [0.3, 0.4) is 0 Å². The van der Waals surface area contributed by atoms with Crippen LogP contribution in [0.15, 0.2) is 47.4 Å². The number of hydrogen-bond donors (Lipinski definition) is 2. The summed E-state index contributed by atoms with van der Waals surface area (Å²) in [6, 6.07) is 9.10. The van der Waals surface area contributed by atoms with Crippen molar-refractivity contribution in [3.05, 3.63) is 53.1 Å². The van der Waals surface area contributed by atoms with Crippen molar-refractivity contribution < 1.29 is 27.8 Å². The molecule has 0 unspecified atom stereocenters. The second-order valence-electron chi connectivity index (χ2n) is 5.01. The van der Waals surface area contributed by atoms with Crippen molar-refractivity contribution >= 4 is 39.4 Å². The van der Waals surface area contributed by atoms with Gasteiger partial charge in [-0.3, -0.25) is 4.72 Å². The van der Waals surface area contributed by atoms with E-state index in [4.69, 9.17) is 26.2 Å². The molecule has 0 amide bonds. The number of hydrogen-bond acceptors (Lipinski definition) is 5. The zero-order valence-electron chi connectivity index (χ0n) is 13.9. The fraction of sp³-hybridized carbons (Fsp3) is 0.118. The molecule has 2 rings (SSSR count). The second kappa shape index (κ2) is 8.11. The van der Waals surface area contributed by atoms with Crippen LogP contribution >= 0.6 is 11.6 Å². The van der Waals surface area contributed by atoms with Gasteiger partial charge in [-0.2, -0.15) is 0 Å². The van der Waals surface area contributed by atoms with Crippen LogP contribution in [-0.4, -0.2) is 33.7 Å². The third-order valence-electron chi connectivity index (χ3n) is 3.29. The van der Waals surface area contributed by atoms with Gasteiger partial charge in [0.15, 0.2) is 11.5 Å². The zero-order chi connectivity index (χ0) is 19.3. The lowest BCUT2D eigenvalue weighted by molar-refractivity contribution is -0.131. The second-order valence-corrected chi connectivity index (χ2v) is 7.07. The fourth-order valence-electron chi connectivity index (χ4n) is 2.16. The summed E-state index contributed by atoms with van der Waals surface area (Å²) in [5, 5.41) is 8.99. The molecule has 0 saturated heterocycles. The molecule has 0 heterocycles. The third kappa shape index (κ3) is 4.47. The van der Waals surface area contributed by atoms with Crippen molar-refractivity contribution in [2.75, 3.05) is 18.9 Å². The first-order valence-electron chi connectivity index (χ1n) is 7.23. The standard InChI is InChI=1S/C17H16ClNO6S/c1-24-14-9-11(7-8-16(20)21)10-15(17(14)25-2)26(22,23)19-13-6-4-3-5-12(13)18/h3-10,19H,1-2H3,(H,20,21)/b8-7+. The van der Waals surface area contributed by atoms with Crippen LogP contribution in [-0.2, 0) is 14.8 Å². The van der Waals surface area contributed by atoms with E-state index in [9.17, 15) is 13.2 Å². The first kappa shape index (κ1) is 19.6. The maximum Gasteiger partial charge on any atom is 0.328 e. The van der Waals surface area contributed by atoms with E-state index in [1.165, 1.54) is 38.5 Å². The Bertz CT molecular complexity index is 956. The van der Waals surface area contributed by atoms with E-state index in [1.54, 1.807) is 18.2 Å². The molecule has 0 aromatic heterocycles. The van der Waals surface area contributed by atoms with E-state index in [2.05, 4.69) is 4.72 Å². The van der Waals surface area contributed by atoms with E-state index in [-0.39, 0.29) is 27.1 Å².